The highest BCUT2D eigenvalue weighted by Gasteiger charge is 2.16. The summed E-state index contributed by atoms with van der Waals surface area (Å²) in [4.78, 5) is 17.4. The van der Waals surface area contributed by atoms with Crippen LogP contribution in [0.2, 0.25) is 0 Å². The Morgan fingerprint density at radius 2 is 2.10 bits per heavy atom. The molecule has 3 heterocycles. The van der Waals surface area contributed by atoms with Crippen LogP contribution in [0, 0.1) is 6.92 Å². The highest BCUT2D eigenvalue weighted by Crippen LogP contribution is 2.16. The molecule has 3 aromatic heterocycles. The Labute approximate surface area is 125 Å². The Kier molecular flexibility index (Phi) is 3.12. The van der Waals surface area contributed by atoms with Gasteiger partial charge in [0.2, 0.25) is 0 Å². The second-order valence-electron chi connectivity index (χ2n) is 5.95. The van der Waals surface area contributed by atoms with Crippen LogP contribution in [0.5, 0.6) is 0 Å². The van der Waals surface area contributed by atoms with Gasteiger partial charge in [0, 0.05) is 0 Å². The van der Waals surface area contributed by atoms with Gasteiger partial charge >= 0.3 is 0 Å². The van der Waals surface area contributed by atoms with Gasteiger partial charge in [-0.3, -0.25) is 9.36 Å². The van der Waals surface area contributed by atoms with Gasteiger partial charge in [0.25, 0.3) is 5.56 Å². The number of rotatable bonds is 2. The van der Waals surface area contributed by atoms with E-state index in [-0.39, 0.29) is 11.1 Å². The second-order valence-corrected chi connectivity index (χ2v) is 6.70. The molecular weight excluding hydrogens is 288 g/mol. The van der Waals surface area contributed by atoms with Crippen molar-refractivity contribution < 1.29 is 0 Å². The van der Waals surface area contributed by atoms with Crippen molar-refractivity contribution in [3.8, 4) is 0 Å². The van der Waals surface area contributed by atoms with E-state index in [0.717, 1.165) is 11.4 Å². The topological polar surface area (TPSA) is 78.5 Å². The van der Waals surface area contributed by atoms with Crippen LogP contribution in [0.4, 0.5) is 0 Å². The maximum atomic E-state index is 12.5. The Balaban J connectivity index is 1.99. The van der Waals surface area contributed by atoms with Crippen molar-refractivity contribution in [3.63, 3.8) is 0 Å². The van der Waals surface area contributed by atoms with Crippen LogP contribution < -0.4 is 5.56 Å². The SMILES string of the molecule is Cc1nsc2ncn(Cc3cn(C(C)(C)C)nn3)c(=O)c12. The van der Waals surface area contributed by atoms with Gasteiger partial charge in [-0.05, 0) is 39.2 Å². The molecule has 0 fully saturated rings. The van der Waals surface area contributed by atoms with E-state index in [1.54, 1.807) is 15.6 Å². The highest BCUT2D eigenvalue weighted by molar-refractivity contribution is 7.12. The number of nitrogens with zero attached hydrogens (tertiary/aromatic N) is 6. The first-order chi connectivity index (χ1) is 9.86. The van der Waals surface area contributed by atoms with Crippen molar-refractivity contribution in [1.29, 1.82) is 0 Å². The molecule has 0 saturated carbocycles. The maximum absolute atomic E-state index is 12.5. The summed E-state index contributed by atoms with van der Waals surface area (Å²) in [6, 6.07) is 0. The predicted molar refractivity (Wildman–Crippen MR) is 80.5 cm³/mol. The number of hydrogen-bond acceptors (Lipinski definition) is 6. The van der Waals surface area contributed by atoms with E-state index < -0.39 is 0 Å². The van der Waals surface area contributed by atoms with Gasteiger partial charge in [-0.15, -0.1) is 5.10 Å². The van der Waals surface area contributed by atoms with Crippen molar-refractivity contribution in [2.45, 2.75) is 39.8 Å². The fraction of sp³-hybridized carbons (Fsp3) is 0.462. The van der Waals surface area contributed by atoms with Gasteiger partial charge in [0.1, 0.15) is 5.69 Å². The molecular formula is C13H16N6OS. The summed E-state index contributed by atoms with van der Waals surface area (Å²) in [6.45, 7) is 8.32. The van der Waals surface area contributed by atoms with Crippen LogP contribution in [0.15, 0.2) is 17.3 Å². The molecule has 21 heavy (non-hydrogen) atoms. The minimum absolute atomic E-state index is 0.0865. The zero-order chi connectivity index (χ0) is 15.2. The number of hydrogen-bond donors (Lipinski definition) is 0. The quantitative estimate of drug-likeness (QED) is 0.718. The van der Waals surface area contributed by atoms with Crippen LogP contribution in [0.1, 0.15) is 32.2 Å². The van der Waals surface area contributed by atoms with E-state index in [1.165, 1.54) is 11.5 Å². The third kappa shape index (κ3) is 2.46. The lowest BCUT2D eigenvalue weighted by Crippen LogP contribution is -2.22. The molecule has 0 amide bonds. The summed E-state index contributed by atoms with van der Waals surface area (Å²) in [5.74, 6) is 0. The minimum atomic E-state index is -0.133. The van der Waals surface area contributed by atoms with Crippen molar-refractivity contribution >= 4 is 21.7 Å². The molecule has 0 unspecified atom stereocenters. The zero-order valence-corrected chi connectivity index (χ0v) is 13.2. The average molecular weight is 304 g/mol. The monoisotopic (exact) mass is 304 g/mol. The lowest BCUT2D eigenvalue weighted by molar-refractivity contribution is 0.347. The van der Waals surface area contributed by atoms with Crippen molar-refractivity contribution in [2.24, 2.45) is 0 Å². The molecule has 0 spiro atoms. The second kappa shape index (κ2) is 4.73. The average Bonchev–Trinajstić information content (AvgIpc) is 3.00. The van der Waals surface area contributed by atoms with Gasteiger partial charge < -0.3 is 0 Å². The lowest BCUT2D eigenvalue weighted by Gasteiger charge is -2.17. The smallest absolute Gasteiger partial charge is 0.264 e. The first-order valence-corrected chi connectivity index (χ1v) is 7.37. The Hall–Kier alpha value is -2.09. The summed E-state index contributed by atoms with van der Waals surface area (Å²) in [7, 11) is 0. The number of aromatic nitrogens is 6. The van der Waals surface area contributed by atoms with Gasteiger partial charge in [0.05, 0.1) is 35.7 Å². The van der Waals surface area contributed by atoms with E-state index in [0.29, 0.717) is 16.8 Å². The normalized spacial score (nSPS) is 12.2. The largest absolute Gasteiger partial charge is 0.292 e. The third-order valence-electron chi connectivity index (χ3n) is 3.19. The van der Waals surface area contributed by atoms with E-state index in [1.807, 2.05) is 33.9 Å². The fourth-order valence-corrected chi connectivity index (χ4v) is 2.73. The molecule has 0 aliphatic carbocycles. The molecule has 0 saturated heterocycles. The molecule has 0 aromatic carbocycles. The van der Waals surface area contributed by atoms with Crippen molar-refractivity contribution in [3.05, 3.63) is 34.3 Å². The molecule has 0 N–H and O–H groups in total. The summed E-state index contributed by atoms with van der Waals surface area (Å²) in [5, 5.41) is 8.81. The van der Waals surface area contributed by atoms with E-state index in [4.69, 9.17) is 0 Å². The van der Waals surface area contributed by atoms with Gasteiger partial charge in [-0.1, -0.05) is 5.21 Å². The first kappa shape index (κ1) is 13.9. The first-order valence-electron chi connectivity index (χ1n) is 6.59. The molecule has 3 aromatic rings. The van der Waals surface area contributed by atoms with Crippen LogP contribution in [-0.2, 0) is 12.1 Å². The van der Waals surface area contributed by atoms with E-state index >= 15 is 0 Å². The molecule has 110 valence electrons. The predicted octanol–water partition coefficient (Wildman–Crippen LogP) is 1.56. The molecule has 0 aliphatic rings. The molecule has 0 atom stereocenters. The Morgan fingerprint density at radius 1 is 1.33 bits per heavy atom. The Bertz CT molecular complexity index is 854. The molecule has 3 rings (SSSR count). The van der Waals surface area contributed by atoms with E-state index in [2.05, 4.69) is 19.7 Å². The molecule has 0 bridgehead atoms. The number of aryl methyl sites for hydroxylation is 1. The van der Waals surface area contributed by atoms with Crippen molar-refractivity contribution in [1.82, 2.24) is 28.9 Å². The molecule has 0 radical (unpaired) electrons. The lowest BCUT2D eigenvalue weighted by atomic mass is 10.1. The van der Waals surface area contributed by atoms with Crippen molar-refractivity contribution in [2.75, 3.05) is 0 Å². The third-order valence-corrected chi connectivity index (χ3v) is 4.04. The van der Waals surface area contributed by atoms with Crippen LogP contribution in [0.25, 0.3) is 10.2 Å². The van der Waals surface area contributed by atoms with Gasteiger partial charge in [-0.2, -0.15) is 4.37 Å². The molecule has 8 heteroatoms. The van der Waals surface area contributed by atoms with Gasteiger partial charge in [-0.25, -0.2) is 9.67 Å². The summed E-state index contributed by atoms with van der Waals surface area (Å²) in [6.07, 6.45) is 3.40. The molecule has 0 aliphatic heterocycles. The van der Waals surface area contributed by atoms with Crippen LogP contribution in [-0.4, -0.2) is 28.9 Å². The number of fused-ring (bicyclic) bond motifs is 1. The van der Waals surface area contributed by atoms with Gasteiger partial charge in [0.15, 0.2) is 4.83 Å². The molecule has 7 nitrogen and oxygen atoms in total. The standard InChI is InChI=1S/C13H16N6OS/c1-8-10-11(21-16-8)14-7-18(12(10)20)5-9-6-19(17-15-9)13(2,3)4/h6-7H,5H2,1-4H3. The highest BCUT2D eigenvalue weighted by atomic mass is 32.1. The summed E-state index contributed by atoms with van der Waals surface area (Å²) >= 11 is 1.24. The minimum Gasteiger partial charge on any atom is -0.292 e. The summed E-state index contributed by atoms with van der Waals surface area (Å²) in [5.41, 5.74) is 1.23. The zero-order valence-electron chi connectivity index (χ0n) is 12.4. The maximum Gasteiger partial charge on any atom is 0.264 e. The Morgan fingerprint density at radius 3 is 2.76 bits per heavy atom. The van der Waals surface area contributed by atoms with E-state index in [9.17, 15) is 4.79 Å². The fourth-order valence-electron chi connectivity index (χ4n) is 2.00. The van der Waals surface area contributed by atoms with Crippen LogP contribution in [0.3, 0.4) is 0 Å². The van der Waals surface area contributed by atoms with Crippen LogP contribution >= 0.6 is 11.5 Å². The summed E-state index contributed by atoms with van der Waals surface area (Å²) < 4.78 is 7.51.